The molecule has 0 radical (unpaired) electrons. The number of hydrogen-bond donors (Lipinski definition) is 0. The van der Waals surface area contributed by atoms with Crippen LogP contribution in [0.4, 0.5) is 22.7 Å². The number of benzene rings is 14. The molecule has 0 bridgehead atoms. The number of furan rings is 4. The molecule has 0 saturated heterocycles. The first kappa shape index (κ1) is 63.6. The van der Waals surface area contributed by atoms with E-state index >= 15 is 0 Å². The van der Waals surface area contributed by atoms with Crippen LogP contribution in [0.2, 0.25) is 0 Å². The summed E-state index contributed by atoms with van der Waals surface area (Å²) in [6.45, 7) is 8.49. The van der Waals surface area contributed by atoms with Gasteiger partial charge in [0, 0.05) is 55.1 Å². The van der Waals surface area contributed by atoms with Gasteiger partial charge < -0.3 is 27.3 Å². The SMILES string of the molecule is CC1(C)c2ccccc2N(B2c3oc4ccccc4c3B(c3ccc(-c4cccc(-c5ccccc5)c4)cc3)c3oc4ccccc4c32)c2ccccc21.CC1(C)c2ccccc2N(B2c3oc4ccccc4c3B(c3ccc(-c4ccccc4-c4ccccc4)cc3)c3oc4ccccc4c32)c2ccccc21. The molecule has 0 spiro atoms. The van der Waals surface area contributed by atoms with E-state index in [2.05, 4.69) is 389 Å². The maximum absolute atomic E-state index is 7.14. The number of nitrogens with zero attached hydrogens (tertiary/aromatic N) is 2. The summed E-state index contributed by atoms with van der Waals surface area (Å²) in [4.78, 5) is 5.05. The van der Waals surface area contributed by atoms with E-state index in [4.69, 9.17) is 17.7 Å². The van der Waals surface area contributed by atoms with Gasteiger partial charge >= 0.3 is 13.7 Å². The molecule has 14 aromatic carbocycles. The second-order valence-electron chi connectivity index (χ2n) is 30.3. The summed E-state index contributed by atoms with van der Waals surface area (Å²) < 4.78 is 28.4. The van der Waals surface area contributed by atoms with Crippen molar-refractivity contribution in [2.24, 2.45) is 0 Å². The lowest BCUT2D eigenvalue weighted by molar-refractivity contribution is 0.631. The predicted molar refractivity (Wildman–Crippen MR) is 453 cm³/mol. The van der Waals surface area contributed by atoms with Gasteiger partial charge in [-0.15, -0.1) is 0 Å². The van der Waals surface area contributed by atoms with E-state index in [1.165, 1.54) is 111 Å². The molecule has 0 amide bonds. The van der Waals surface area contributed by atoms with Crippen LogP contribution in [0.5, 0.6) is 0 Å². The highest BCUT2D eigenvalue weighted by Crippen LogP contribution is 2.51. The highest BCUT2D eigenvalue weighted by Gasteiger charge is 2.54. The molecule has 0 aliphatic carbocycles. The van der Waals surface area contributed by atoms with Crippen molar-refractivity contribution in [2.45, 2.75) is 38.5 Å². The van der Waals surface area contributed by atoms with Crippen molar-refractivity contribution in [1.29, 1.82) is 0 Å². The predicted octanol–water partition coefficient (Wildman–Crippen LogP) is 17.9. The van der Waals surface area contributed by atoms with Crippen LogP contribution in [0.3, 0.4) is 0 Å². The number of rotatable bonds is 8. The van der Waals surface area contributed by atoms with E-state index in [-0.39, 0.29) is 38.0 Å². The lowest BCUT2D eigenvalue weighted by Gasteiger charge is -2.45. The topological polar surface area (TPSA) is 59.0 Å². The molecule has 4 aliphatic rings. The Morgan fingerprint density at radius 3 is 0.898 bits per heavy atom. The van der Waals surface area contributed by atoms with Crippen molar-refractivity contribution >= 4 is 149 Å². The van der Waals surface area contributed by atoms with Crippen LogP contribution < -0.4 is 65.0 Å². The summed E-state index contributed by atoms with van der Waals surface area (Å²) in [6.07, 6.45) is 0. The molecular formula is C98H70B4N2O4. The summed E-state index contributed by atoms with van der Waals surface area (Å²) in [5, 5.41) is 4.46. The van der Waals surface area contributed by atoms with E-state index in [1.807, 2.05) is 0 Å². The van der Waals surface area contributed by atoms with Crippen LogP contribution >= 0.6 is 0 Å². The van der Waals surface area contributed by atoms with Gasteiger partial charge in [0.1, 0.15) is 22.3 Å². The molecule has 0 fully saturated rings. The van der Waals surface area contributed by atoms with Gasteiger partial charge in [0.15, 0.2) is 0 Å². The first-order valence-electron chi connectivity index (χ1n) is 37.7. The number of fused-ring (bicyclic) bond motifs is 16. The minimum absolute atomic E-state index is 0.168. The highest BCUT2D eigenvalue weighted by atomic mass is 16.3. The molecule has 0 saturated carbocycles. The third-order valence-electron chi connectivity index (χ3n) is 23.8. The molecule has 508 valence electrons. The second kappa shape index (κ2) is 24.9. The summed E-state index contributed by atoms with van der Waals surface area (Å²) in [6, 6.07) is 126. The largest absolute Gasteiger partial charge is 0.471 e. The zero-order valence-corrected chi connectivity index (χ0v) is 60.3. The summed E-state index contributed by atoms with van der Waals surface area (Å²) in [7, 11) is 0. The van der Waals surface area contributed by atoms with Crippen LogP contribution in [0, 0.1) is 0 Å². The van der Waals surface area contributed by atoms with Crippen LogP contribution in [0.25, 0.3) is 88.4 Å². The highest BCUT2D eigenvalue weighted by molar-refractivity contribution is 7.11. The smallest absolute Gasteiger partial charge is 0.372 e. The van der Waals surface area contributed by atoms with Gasteiger partial charge in [-0.2, -0.15) is 0 Å². The Hall–Kier alpha value is -12.9. The van der Waals surface area contributed by atoms with E-state index < -0.39 is 0 Å². The third-order valence-corrected chi connectivity index (χ3v) is 23.8. The van der Waals surface area contributed by atoms with Gasteiger partial charge in [-0.3, -0.25) is 0 Å². The minimum Gasteiger partial charge on any atom is -0.471 e. The molecule has 4 aliphatic heterocycles. The molecule has 0 N–H and O–H groups in total. The zero-order chi connectivity index (χ0) is 71.9. The Bertz CT molecular complexity index is 6460. The van der Waals surface area contributed by atoms with Crippen molar-refractivity contribution in [3.8, 4) is 44.5 Å². The average Bonchev–Trinajstić information content (AvgIpc) is 1.42. The minimum atomic E-state index is -0.266. The van der Waals surface area contributed by atoms with Gasteiger partial charge in [-0.1, -0.05) is 336 Å². The molecule has 0 atom stereocenters. The first-order chi connectivity index (χ1) is 53.1. The fraction of sp³-hybridized carbons (Fsp3) is 0.0612. The average molecular weight is 1380 g/mol. The first-order valence-corrected chi connectivity index (χ1v) is 37.7. The van der Waals surface area contributed by atoms with E-state index in [1.54, 1.807) is 0 Å². The number of para-hydroxylation sites is 8. The standard InChI is InChI=1S/2C49H35B2NO2/c1-49(2)39-21-8-10-23-41(39)52(42-24-11-9-22-40(42)49)51-46-38-20-7-13-26-44(38)53-47(46)50(45-37-19-6-12-25-43(37)54-48(45)51)36-29-27-33(28-30-36)35-18-14-17-34(31-35)32-15-4-3-5-16-32;1-49(2)39-22-10-12-24-41(39)52(42-25-13-11-23-40(42)49)51-46-38-21-9-15-27-44(38)53-47(46)50(45-37-20-8-14-26-43(37)54-48(45)51)34-30-28-33(29-31-34)36-19-7-6-18-35(36)32-16-4-3-5-17-32/h2*3-31H,1-2H3. The molecule has 4 aromatic heterocycles. The molecule has 108 heavy (non-hydrogen) atoms. The lowest BCUT2D eigenvalue weighted by Crippen LogP contribution is -2.74. The normalized spacial score (nSPS) is 14.1. The fourth-order valence-electron chi connectivity index (χ4n) is 18.8. The Morgan fingerprint density at radius 1 is 0.231 bits per heavy atom. The summed E-state index contributed by atoms with van der Waals surface area (Å²) in [5.41, 5.74) is 33.6. The molecule has 6 nitrogen and oxygen atoms in total. The van der Waals surface area contributed by atoms with E-state index in [0.717, 1.165) is 77.4 Å². The van der Waals surface area contributed by atoms with Crippen LogP contribution in [0.15, 0.2) is 370 Å². The van der Waals surface area contributed by atoms with Crippen molar-refractivity contribution in [1.82, 2.24) is 0 Å². The van der Waals surface area contributed by atoms with Gasteiger partial charge in [0.05, 0.1) is 22.6 Å². The van der Waals surface area contributed by atoms with Crippen LogP contribution in [-0.2, 0) is 10.8 Å². The van der Waals surface area contributed by atoms with Crippen molar-refractivity contribution < 1.29 is 17.7 Å². The molecule has 8 heterocycles. The van der Waals surface area contributed by atoms with E-state index in [0.29, 0.717) is 0 Å². The van der Waals surface area contributed by atoms with Gasteiger partial charge in [-0.05, 0) is 143 Å². The Morgan fingerprint density at radius 2 is 0.509 bits per heavy atom. The summed E-state index contributed by atoms with van der Waals surface area (Å²) >= 11 is 0. The fourth-order valence-corrected chi connectivity index (χ4v) is 18.8. The van der Waals surface area contributed by atoms with E-state index in [9.17, 15) is 0 Å². The number of hydrogen-bond acceptors (Lipinski definition) is 6. The third kappa shape index (κ3) is 9.78. The lowest BCUT2D eigenvalue weighted by atomic mass is 9.28. The Balaban J connectivity index is 0.000000138. The Kier molecular flexibility index (Phi) is 14.6. The Labute approximate surface area is 629 Å². The maximum atomic E-state index is 7.14. The monoisotopic (exact) mass is 1380 g/mol. The van der Waals surface area contributed by atoms with Gasteiger partial charge in [0.2, 0.25) is 0 Å². The van der Waals surface area contributed by atoms with Gasteiger partial charge in [0.25, 0.3) is 13.4 Å². The second-order valence-corrected chi connectivity index (χ2v) is 30.3. The van der Waals surface area contributed by atoms with Crippen molar-refractivity contribution in [3.63, 3.8) is 0 Å². The molecule has 0 unspecified atom stereocenters. The van der Waals surface area contributed by atoms with Crippen LogP contribution in [-0.4, -0.2) is 27.1 Å². The number of anilines is 4. The zero-order valence-electron chi connectivity index (χ0n) is 60.3. The summed E-state index contributed by atoms with van der Waals surface area (Å²) in [5.74, 6) is 0. The van der Waals surface area contributed by atoms with Crippen molar-refractivity contribution in [2.75, 3.05) is 9.62 Å². The maximum Gasteiger partial charge on any atom is 0.372 e. The molecule has 18 aromatic rings. The quantitative estimate of drug-likeness (QED) is 0.141. The van der Waals surface area contributed by atoms with Crippen LogP contribution in [0.1, 0.15) is 49.9 Å². The molecular weight excluding hydrogens is 1310 g/mol. The van der Waals surface area contributed by atoms with Gasteiger partial charge in [-0.25, -0.2) is 0 Å². The van der Waals surface area contributed by atoms with Crippen molar-refractivity contribution in [3.05, 3.63) is 374 Å². The molecule has 22 rings (SSSR count). The molecule has 10 heteroatoms.